The summed E-state index contributed by atoms with van der Waals surface area (Å²) >= 11 is 0. The molecule has 0 radical (unpaired) electrons. The second-order valence-corrected chi connectivity index (χ2v) is 7.46. The number of aryl methyl sites for hydroxylation is 2. The first-order valence-corrected chi connectivity index (χ1v) is 10.3. The van der Waals surface area contributed by atoms with Gasteiger partial charge in [-0.05, 0) is 67.4 Å². The Labute approximate surface area is 184 Å². The van der Waals surface area contributed by atoms with E-state index in [1.165, 1.54) is 0 Å². The van der Waals surface area contributed by atoms with Crippen molar-refractivity contribution in [2.75, 3.05) is 13.1 Å². The molecule has 0 spiro atoms. The van der Waals surface area contributed by atoms with Crippen LogP contribution in [0.1, 0.15) is 16.7 Å². The summed E-state index contributed by atoms with van der Waals surface area (Å²) in [6.07, 6.45) is 3.75. The molecule has 0 saturated carbocycles. The van der Waals surface area contributed by atoms with E-state index in [2.05, 4.69) is 18.1 Å². The van der Waals surface area contributed by atoms with Crippen molar-refractivity contribution in [3.05, 3.63) is 103 Å². The van der Waals surface area contributed by atoms with Gasteiger partial charge in [-0.2, -0.15) is 0 Å². The minimum Gasteiger partial charge on any atom is -0.508 e. The first kappa shape index (κ1) is 22.2. The topological polar surface area (TPSA) is 41.9 Å². The Morgan fingerprint density at radius 1 is 0.839 bits per heavy atom. The van der Waals surface area contributed by atoms with Gasteiger partial charge in [0.25, 0.3) is 0 Å². The fourth-order valence-electron chi connectivity index (χ4n) is 3.37. The SMILES string of the molecule is C=CCN(CC=C)Cc1cc(Oc2c(C)cccc2C)ccc1Oc1ccc(O)cc1. The minimum atomic E-state index is 0.202. The van der Waals surface area contributed by atoms with Crippen molar-refractivity contribution in [2.45, 2.75) is 20.4 Å². The Bertz CT molecular complexity index is 1010. The molecule has 3 rings (SSSR count). The average molecular weight is 416 g/mol. The highest BCUT2D eigenvalue weighted by molar-refractivity contribution is 5.47. The Hall–Kier alpha value is -3.50. The van der Waals surface area contributed by atoms with Gasteiger partial charge in [0.2, 0.25) is 0 Å². The highest BCUT2D eigenvalue weighted by atomic mass is 16.5. The quantitative estimate of drug-likeness (QED) is 0.371. The number of phenols is 1. The van der Waals surface area contributed by atoms with Gasteiger partial charge in [-0.25, -0.2) is 0 Å². The van der Waals surface area contributed by atoms with E-state index in [1.807, 2.05) is 62.4 Å². The zero-order valence-corrected chi connectivity index (χ0v) is 18.2. The molecule has 0 fully saturated rings. The first-order valence-electron chi connectivity index (χ1n) is 10.3. The summed E-state index contributed by atoms with van der Waals surface area (Å²) in [4.78, 5) is 2.21. The van der Waals surface area contributed by atoms with Crippen molar-refractivity contribution < 1.29 is 14.6 Å². The van der Waals surface area contributed by atoms with Gasteiger partial charge < -0.3 is 14.6 Å². The van der Waals surface area contributed by atoms with Crippen molar-refractivity contribution >= 4 is 0 Å². The van der Waals surface area contributed by atoms with Gasteiger partial charge in [-0.3, -0.25) is 4.90 Å². The van der Waals surface area contributed by atoms with Crippen LogP contribution in [-0.2, 0) is 6.54 Å². The van der Waals surface area contributed by atoms with E-state index in [4.69, 9.17) is 9.47 Å². The Kier molecular flexibility index (Phi) is 7.52. The molecule has 0 atom stereocenters. The van der Waals surface area contributed by atoms with Crippen LogP contribution in [0, 0.1) is 13.8 Å². The maximum atomic E-state index is 9.54. The molecule has 0 aromatic heterocycles. The summed E-state index contributed by atoms with van der Waals surface area (Å²) < 4.78 is 12.4. The predicted molar refractivity (Wildman–Crippen MR) is 126 cm³/mol. The highest BCUT2D eigenvalue weighted by Gasteiger charge is 2.13. The summed E-state index contributed by atoms with van der Waals surface area (Å²) in [5, 5.41) is 9.54. The van der Waals surface area contributed by atoms with Crippen LogP contribution in [-0.4, -0.2) is 23.1 Å². The van der Waals surface area contributed by atoms with Gasteiger partial charge in [0.05, 0.1) is 0 Å². The molecule has 160 valence electrons. The lowest BCUT2D eigenvalue weighted by atomic mass is 10.1. The van der Waals surface area contributed by atoms with Crippen LogP contribution >= 0.6 is 0 Å². The molecule has 0 aliphatic rings. The second kappa shape index (κ2) is 10.5. The molecule has 4 heteroatoms. The van der Waals surface area contributed by atoms with E-state index in [0.717, 1.165) is 47.0 Å². The van der Waals surface area contributed by atoms with Gasteiger partial charge in [0, 0.05) is 25.2 Å². The van der Waals surface area contributed by atoms with E-state index in [9.17, 15) is 5.11 Å². The van der Waals surface area contributed by atoms with Crippen LogP contribution < -0.4 is 9.47 Å². The Balaban J connectivity index is 1.94. The number of para-hydroxylation sites is 1. The lowest BCUT2D eigenvalue weighted by Gasteiger charge is -2.21. The molecular formula is C27H29NO3. The average Bonchev–Trinajstić information content (AvgIpc) is 2.74. The standard InChI is InChI=1S/C27H29NO3/c1-5-16-28(17-6-2)19-22-18-25(31-27-20(3)8-7-9-21(27)4)14-15-26(22)30-24-12-10-23(29)11-13-24/h5-15,18,29H,1-2,16-17,19H2,3-4H3. The first-order chi connectivity index (χ1) is 15.0. The fraction of sp³-hybridized carbons (Fsp3) is 0.185. The van der Waals surface area contributed by atoms with Gasteiger partial charge in [-0.15, -0.1) is 13.2 Å². The summed E-state index contributed by atoms with van der Waals surface area (Å²) in [5.74, 6) is 3.21. The molecule has 0 bridgehead atoms. The molecule has 0 aliphatic heterocycles. The molecule has 0 aliphatic carbocycles. The van der Waals surface area contributed by atoms with Gasteiger partial charge in [-0.1, -0.05) is 30.4 Å². The number of nitrogens with zero attached hydrogens (tertiary/aromatic N) is 1. The molecule has 0 amide bonds. The molecule has 0 heterocycles. The van der Waals surface area contributed by atoms with E-state index in [0.29, 0.717) is 12.3 Å². The van der Waals surface area contributed by atoms with Gasteiger partial charge in [0.1, 0.15) is 28.7 Å². The summed E-state index contributed by atoms with van der Waals surface area (Å²) in [6, 6.07) is 18.7. The molecule has 1 N–H and O–H groups in total. The molecule has 31 heavy (non-hydrogen) atoms. The third-order valence-electron chi connectivity index (χ3n) is 4.89. The second-order valence-electron chi connectivity index (χ2n) is 7.46. The Morgan fingerprint density at radius 3 is 2.06 bits per heavy atom. The highest BCUT2D eigenvalue weighted by Crippen LogP contribution is 2.34. The number of hydrogen-bond acceptors (Lipinski definition) is 4. The maximum absolute atomic E-state index is 9.54. The zero-order valence-electron chi connectivity index (χ0n) is 18.2. The smallest absolute Gasteiger partial charge is 0.133 e. The Morgan fingerprint density at radius 2 is 1.45 bits per heavy atom. The number of ether oxygens (including phenoxy) is 2. The largest absolute Gasteiger partial charge is 0.508 e. The van der Waals surface area contributed by atoms with Crippen LogP contribution in [0.25, 0.3) is 0 Å². The zero-order chi connectivity index (χ0) is 22.2. The molecule has 3 aromatic carbocycles. The molecule has 4 nitrogen and oxygen atoms in total. The third-order valence-corrected chi connectivity index (χ3v) is 4.89. The van der Waals surface area contributed by atoms with Crippen molar-refractivity contribution in [2.24, 2.45) is 0 Å². The van der Waals surface area contributed by atoms with E-state index < -0.39 is 0 Å². The van der Waals surface area contributed by atoms with Gasteiger partial charge in [0.15, 0.2) is 0 Å². The molecule has 3 aromatic rings. The van der Waals surface area contributed by atoms with Crippen molar-refractivity contribution in [3.63, 3.8) is 0 Å². The summed E-state index contributed by atoms with van der Waals surface area (Å²) in [7, 11) is 0. The fourth-order valence-corrected chi connectivity index (χ4v) is 3.37. The predicted octanol–water partition coefficient (Wildman–Crippen LogP) is 6.77. The summed E-state index contributed by atoms with van der Waals surface area (Å²) in [5.41, 5.74) is 3.16. The minimum absolute atomic E-state index is 0.202. The number of phenolic OH excluding ortho intramolecular Hbond substituents is 1. The lowest BCUT2D eigenvalue weighted by Crippen LogP contribution is -2.23. The van der Waals surface area contributed by atoms with Crippen LogP contribution in [0.5, 0.6) is 28.7 Å². The van der Waals surface area contributed by atoms with Crippen molar-refractivity contribution in [3.8, 4) is 28.7 Å². The molecule has 0 unspecified atom stereocenters. The maximum Gasteiger partial charge on any atom is 0.133 e. The summed E-state index contributed by atoms with van der Waals surface area (Å²) in [6.45, 7) is 13.9. The normalized spacial score (nSPS) is 10.7. The lowest BCUT2D eigenvalue weighted by molar-refractivity contribution is 0.321. The number of rotatable bonds is 10. The van der Waals surface area contributed by atoms with Crippen LogP contribution in [0.2, 0.25) is 0 Å². The number of benzene rings is 3. The van der Waals surface area contributed by atoms with Crippen LogP contribution in [0.3, 0.4) is 0 Å². The van der Waals surface area contributed by atoms with E-state index in [1.54, 1.807) is 24.3 Å². The van der Waals surface area contributed by atoms with Crippen LogP contribution in [0.15, 0.2) is 86.0 Å². The van der Waals surface area contributed by atoms with Gasteiger partial charge >= 0.3 is 0 Å². The number of hydrogen-bond donors (Lipinski definition) is 1. The van der Waals surface area contributed by atoms with E-state index in [-0.39, 0.29) is 5.75 Å². The van der Waals surface area contributed by atoms with Crippen molar-refractivity contribution in [1.82, 2.24) is 4.90 Å². The van der Waals surface area contributed by atoms with Crippen LogP contribution in [0.4, 0.5) is 0 Å². The molecule has 0 saturated heterocycles. The monoisotopic (exact) mass is 415 g/mol. The third kappa shape index (κ3) is 6.00. The molecular weight excluding hydrogens is 386 g/mol. The van der Waals surface area contributed by atoms with E-state index >= 15 is 0 Å². The number of aromatic hydroxyl groups is 1. The van der Waals surface area contributed by atoms with Crippen molar-refractivity contribution in [1.29, 1.82) is 0 Å².